The van der Waals surface area contributed by atoms with Crippen molar-refractivity contribution in [2.75, 3.05) is 0 Å². The molecule has 0 fully saturated rings. The monoisotopic (exact) mass is 244 g/mol. The van der Waals surface area contributed by atoms with E-state index < -0.39 is 0 Å². The summed E-state index contributed by atoms with van der Waals surface area (Å²) in [6, 6.07) is 11.3. The number of unbranched alkanes of at least 4 members (excludes halogenated alkanes) is 2. The van der Waals surface area contributed by atoms with Gasteiger partial charge in [0.25, 0.3) is 0 Å². The molecule has 0 aliphatic carbocycles. The fourth-order valence-corrected chi connectivity index (χ4v) is 2.32. The van der Waals surface area contributed by atoms with Gasteiger partial charge < -0.3 is 10.3 Å². The highest BCUT2D eigenvalue weighted by molar-refractivity contribution is 5.80. The lowest BCUT2D eigenvalue weighted by Gasteiger charge is -2.12. The Morgan fingerprint density at radius 3 is 2.83 bits per heavy atom. The Morgan fingerprint density at radius 1 is 1.22 bits per heavy atom. The summed E-state index contributed by atoms with van der Waals surface area (Å²) in [6.45, 7) is 5.46. The Bertz CT molecular complexity index is 440. The number of aromatic amines is 1. The van der Waals surface area contributed by atoms with Gasteiger partial charge in [-0.1, -0.05) is 44.4 Å². The van der Waals surface area contributed by atoms with Gasteiger partial charge in [0.1, 0.15) is 0 Å². The number of hydrogen-bond acceptors (Lipinski definition) is 1. The van der Waals surface area contributed by atoms with E-state index in [0.29, 0.717) is 6.04 Å². The summed E-state index contributed by atoms with van der Waals surface area (Å²) in [7, 11) is 0. The number of aromatic nitrogens is 1. The van der Waals surface area contributed by atoms with Crippen LogP contribution < -0.4 is 5.32 Å². The number of nitrogens with one attached hydrogen (secondary N) is 2. The van der Waals surface area contributed by atoms with Crippen LogP contribution in [0, 0.1) is 0 Å². The van der Waals surface area contributed by atoms with Crippen LogP contribution in [0.4, 0.5) is 0 Å². The van der Waals surface area contributed by atoms with Gasteiger partial charge in [0.05, 0.1) is 0 Å². The fourth-order valence-electron chi connectivity index (χ4n) is 2.32. The van der Waals surface area contributed by atoms with Crippen molar-refractivity contribution in [1.29, 1.82) is 0 Å². The molecule has 0 aliphatic rings. The molecule has 2 nitrogen and oxygen atoms in total. The normalized spacial score (nSPS) is 13.0. The van der Waals surface area contributed by atoms with Crippen molar-refractivity contribution in [3.05, 3.63) is 36.0 Å². The van der Waals surface area contributed by atoms with Gasteiger partial charge in [-0.05, 0) is 30.9 Å². The number of hydrogen-bond donors (Lipinski definition) is 2. The van der Waals surface area contributed by atoms with Crippen molar-refractivity contribution in [3.63, 3.8) is 0 Å². The zero-order valence-corrected chi connectivity index (χ0v) is 11.5. The predicted octanol–water partition coefficient (Wildman–Crippen LogP) is 4.23. The van der Waals surface area contributed by atoms with Gasteiger partial charge in [-0.3, -0.25) is 0 Å². The Labute approximate surface area is 110 Å². The second-order valence-electron chi connectivity index (χ2n) is 5.16. The molecule has 1 unspecified atom stereocenters. The molecule has 2 rings (SSSR count). The highest BCUT2D eigenvalue weighted by Gasteiger charge is 2.03. The topological polar surface area (TPSA) is 27.8 Å². The average Bonchev–Trinajstić information content (AvgIpc) is 2.79. The third kappa shape index (κ3) is 3.61. The smallest absolute Gasteiger partial charge is 0.0456 e. The zero-order valence-electron chi connectivity index (χ0n) is 11.5. The van der Waals surface area contributed by atoms with Crippen LogP contribution in [0.3, 0.4) is 0 Å². The number of para-hydroxylation sites is 1. The van der Waals surface area contributed by atoms with Crippen LogP contribution in [-0.2, 0) is 6.54 Å². The van der Waals surface area contributed by atoms with Crippen LogP contribution in [0.1, 0.15) is 45.2 Å². The molecule has 0 aliphatic heterocycles. The van der Waals surface area contributed by atoms with Crippen molar-refractivity contribution < 1.29 is 0 Å². The summed E-state index contributed by atoms with van der Waals surface area (Å²) in [5, 5.41) is 4.89. The van der Waals surface area contributed by atoms with Crippen LogP contribution in [0.25, 0.3) is 10.9 Å². The van der Waals surface area contributed by atoms with E-state index in [9.17, 15) is 0 Å². The molecule has 2 heteroatoms. The maximum atomic E-state index is 3.59. The molecule has 0 amide bonds. The lowest BCUT2D eigenvalue weighted by Crippen LogP contribution is -2.25. The third-order valence-corrected chi connectivity index (χ3v) is 3.47. The van der Waals surface area contributed by atoms with Gasteiger partial charge in [-0.25, -0.2) is 0 Å². The fraction of sp³-hybridized carbons (Fsp3) is 0.500. The van der Waals surface area contributed by atoms with E-state index in [1.807, 2.05) is 0 Å². The first-order valence-corrected chi connectivity index (χ1v) is 7.09. The van der Waals surface area contributed by atoms with Crippen molar-refractivity contribution >= 4 is 10.9 Å². The molecule has 1 atom stereocenters. The third-order valence-electron chi connectivity index (χ3n) is 3.47. The summed E-state index contributed by atoms with van der Waals surface area (Å²) >= 11 is 0. The highest BCUT2D eigenvalue weighted by atomic mass is 14.9. The van der Waals surface area contributed by atoms with Gasteiger partial charge >= 0.3 is 0 Å². The van der Waals surface area contributed by atoms with E-state index in [1.54, 1.807) is 0 Å². The Hall–Kier alpha value is -1.28. The van der Waals surface area contributed by atoms with Crippen molar-refractivity contribution in [3.8, 4) is 0 Å². The van der Waals surface area contributed by atoms with Crippen LogP contribution in [-0.4, -0.2) is 11.0 Å². The lowest BCUT2D eigenvalue weighted by molar-refractivity contribution is 0.485. The SMILES string of the molecule is CCCCCC(C)NCc1cc2ccccc2[nH]1. The summed E-state index contributed by atoms with van der Waals surface area (Å²) in [6.07, 6.45) is 5.25. The van der Waals surface area contributed by atoms with Crippen molar-refractivity contribution in [1.82, 2.24) is 10.3 Å². The summed E-state index contributed by atoms with van der Waals surface area (Å²) in [4.78, 5) is 3.46. The number of rotatable bonds is 7. The predicted molar refractivity (Wildman–Crippen MR) is 78.7 cm³/mol. The number of fused-ring (bicyclic) bond motifs is 1. The highest BCUT2D eigenvalue weighted by Crippen LogP contribution is 2.14. The average molecular weight is 244 g/mol. The van der Waals surface area contributed by atoms with Crippen LogP contribution in [0.2, 0.25) is 0 Å². The van der Waals surface area contributed by atoms with E-state index in [1.165, 1.54) is 42.3 Å². The van der Waals surface area contributed by atoms with Gasteiger partial charge in [0, 0.05) is 23.8 Å². The Balaban J connectivity index is 1.82. The Morgan fingerprint density at radius 2 is 2.06 bits per heavy atom. The zero-order chi connectivity index (χ0) is 12.8. The number of benzene rings is 1. The maximum Gasteiger partial charge on any atom is 0.0456 e. The van der Waals surface area contributed by atoms with E-state index in [-0.39, 0.29) is 0 Å². The molecule has 0 bridgehead atoms. The molecule has 2 N–H and O–H groups in total. The standard InChI is InChI=1S/C16H24N2/c1-3-4-5-8-13(2)17-12-15-11-14-9-6-7-10-16(14)18-15/h6-7,9-11,13,17-18H,3-5,8,12H2,1-2H3. The van der Waals surface area contributed by atoms with Crippen LogP contribution in [0.15, 0.2) is 30.3 Å². The second-order valence-corrected chi connectivity index (χ2v) is 5.16. The van der Waals surface area contributed by atoms with Gasteiger partial charge in [-0.15, -0.1) is 0 Å². The minimum Gasteiger partial charge on any atom is -0.357 e. The number of H-pyrrole nitrogens is 1. The molecule has 1 aromatic heterocycles. The molecule has 2 aromatic rings. The van der Waals surface area contributed by atoms with Crippen molar-refractivity contribution in [2.45, 2.75) is 52.1 Å². The molecule has 98 valence electrons. The molecule has 1 aromatic carbocycles. The molecule has 0 radical (unpaired) electrons. The van der Waals surface area contributed by atoms with E-state index in [0.717, 1.165) is 6.54 Å². The minimum absolute atomic E-state index is 0.600. The Kier molecular flexibility index (Phi) is 4.82. The molecule has 0 spiro atoms. The first kappa shape index (κ1) is 13.2. The van der Waals surface area contributed by atoms with Gasteiger partial charge in [0.15, 0.2) is 0 Å². The van der Waals surface area contributed by atoms with Crippen LogP contribution in [0.5, 0.6) is 0 Å². The molecule has 18 heavy (non-hydrogen) atoms. The largest absolute Gasteiger partial charge is 0.357 e. The second kappa shape index (κ2) is 6.60. The molecule has 0 saturated heterocycles. The van der Waals surface area contributed by atoms with E-state index >= 15 is 0 Å². The molecular formula is C16H24N2. The lowest BCUT2D eigenvalue weighted by atomic mass is 10.1. The quantitative estimate of drug-likeness (QED) is 0.701. The maximum absolute atomic E-state index is 3.59. The first-order valence-electron chi connectivity index (χ1n) is 7.09. The molecule has 1 heterocycles. The molecular weight excluding hydrogens is 220 g/mol. The van der Waals surface area contributed by atoms with Gasteiger partial charge in [-0.2, -0.15) is 0 Å². The first-order chi connectivity index (χ1) is 8.79. The summed E-state index contributed by atoms with van der Waals surface area (Å²) < 4.78 is 0. The minimum atomic E-state index is 0.600. The summed E-state index contributed by atoms with van der Waals surface area (Å²) in [5.74, 6) is 0. The van der Waals surface area contributed by atoms with Crippen molar-refractivity contribution in [2.24, 2.45) is 0 Å². The molecule has 0 saturated carbocycles. The van der Waals surface area contributed by atoms with E-state index in [2.05, 4.69) is 54.5 Å². The van der Waals surface area contributed by atoms with E-state index in [4.69, 9.17) is 0 Å². The van der Waals surface area contributed by atoms with Gasteiger partial charge in [0.2, 0.25) is 0 Å². The summed E-state index contributed by atoms with van der Waals surface area (Å²) in [5.41, 5.74) is 2.51. The van der Waals surface area contributed by atoms with Crippen LogP contribution >= 0.6 is 0 Å².